The maximum Gasteiger partial charge on any atom is 0.412 e. The van der Waals surface area contributed by atoms with Crippen molar-refractivity contribution in [3.63, 3.8) is 0 Å². The number of nitrogens with two attached hydrogens (primary N) is 1. The second kappa shape index (κ2) is 11.4. The predicted molar refractivity (Wildman–Crippen MR) is 152 cm³/mol. The molecule has 1 saturated heterocycles. The van der Waals surface area contributed by atoms with E-state index in [0.717, 1.165) is 37.6 Å². The number of anilines is 7. The zero-order valence-electron chi connectivity index (χ0n) is 22.5. The molecule has 1 aliphatic heterocycles. The van der Waals surface area contributed by atoms with Crippen molar-refractivity contribution in [1.29, 1.82) is 0 Å². The van der Waals surface area contributed by atoms with Crippen LogP contribution in [0.3, 0.4) is 0 Å². The zero-order valence-corrected chi connectivity index (χ0v) is 22.5. The molecule has 38 heavy (non-hydrogen) atoms. The summed E-state index contributed by atoms with van der Waals surface area (Å²) in [5.74, 6) is 1.47. The number of methoxy groups -OCH3 is 1. The molecule has 0 radical (unpaired) electrons. The van der Waals surface area contributed by atoms with E-state index >= 15 is 0 Å². The van der Waals surface area contributed by atoms with E-state index in [1.807, 2.05) is 39.0 Å². The molecule has 0 spiro atoms. The summed E-state index contributed by atoms with van der Waals surface area (Å²) < 4.78 is 11.0. The summed E-state index contributed by atoms with van der Waals surface area (Å²) in [6.45, 7) is 9.42. The summed E-state index contributed by atoms with van der Waals surface area (Å²) in [4.78, 5) is 25.7. The minimum Gasteiger partial charge on any atom is -0.494 e. The Labute approximate surface area is 223 Å². The highest BCUT2D eigenvalue weighted by molar-refractivity contribution is 5.86. The van der Waals surface area contributed by atoms with Crippen molar-refractivity contribution in [3.8, 4) is 5.75 Å². The van der Waals surface area contributed by atoms with Gasteiger partial charge in [-0.3, -0.25) is 5.32 Å². The van der Waals surface area contributed by atoms with Crippen molar-refractivity contribution in [2.45, 2.75) is 26.4 Å². The number of ether oxygens (including phenoxy) is 2. The van der Waals surface area contributed by atoms with Crippen LogP contribution in [0.5, 0.6) is 5.75 Å². The fraction of sp³-hybridized carbons (Fsp3) is 0.370. The van der Waals surface area contributed by atoms with Crippen LogP contribution in [-0.2, 0) is 4.74 Å². The van der Waals surface area contributed by atoms with E-state index in [9.17, 15) is 4.79 Å². The molecule has 0 unspecified atom stereocenters. The molecule has 0 atom stereocenters. The van der Waals surface area contributed by atoms with E-state index < -0.39 is 11.7 Å². The number of hydrogen-bond acceptors (Lipinski definition) is 10. The molecule has 2 aromatic carbocycles. The van der Waals surface area contributed by atoms with Crippen LogP contribution in [0.2, 0.25) is 0 Å². The van der Waals surface area contributed by atoms with Crippen LogP contribution in [-0.4, -0.2) is 66.9 Å². The van der Waals surface area contributed by atoms with E-state index in [1.165, 1.54) is 6.20 Å². The van der Waals surface area contributed by atoms with Gasteiger partial charge in [-0.2, -0.15) is 4.98 Å². The SMILES string of the molecule is COc1cc(N2CCN(C)CC2)ccc1Nc1ncc(N)c(Nc2cccc(NC(=O)OC(C)(C)C)c2)n1. The number of rotatable bonds is 7. The molecule has 1 aromatic heterocycles. The molecular weight excluding hydrogens is 484 g/mol. The summed E-state index contributed by atoms with van der Waals surface area (Å²) in [7, 11) is 3.78. The molecule has 1 aliphatic rings. The third-order valence-electron chi connectivity index (χ3n) is 5.89. The zero-order chi connectivity index (χ0) is 27.3. The predicted octanol–water partition coefficient (Wildman–Crippen LogP) is 4.65. The lowest BCUT2D eigenvalue weighted by molar-refractivity contribution is 0.0636. The lowest BCUT2D eigenvalue weighted by atomic mass is 10.2. The topological polar surface area (TPSA) is 130 Å². The number of carbonyl (C=O) groups excluding carboxylic acids is 1. The van der Waals surface area contributed by atoms with E-state index in [1.54, 1.807) is 25.3 Å². The number of nitrogens with zero attached hydrogens (tertiary/aromatic N) is 4. The minimum absolute atomic E-state index is 0.357. The van der Waals surface area contributed by atoms with Gasteiger partial charge in [0.1, 0.15) is 11.4 Å². The van der Waals surface area contributed by atoms with Crippen molar-refractivity contribution < 1.29 is 14.3 Å². The van der Waals surface area contributed by atoms with Gasteiger partial charge in [-0.05, 0) is 58.2 Å². The Hall–Kier alpha value is -4.25. The molecule has 1 fully saturated rings. The summed E-state index contributed by atoms with van der Waals surface area (Å²) in [6.07, 6.45) is 1.00. The Morgan fingerprint density at radius 2 is 1.76 bits per heavy atom. The molecule has 1 amide bonds. The number of carbonyl (C=O) groups is 1. The van der Waals surface area contributed by atoms with Crippen molar-refractivity contribution >= 4 is 46.3 Å². The number of amides is 1. The number of hydrogen-bond donors (Lipinski definition) is 4. The van der Waals surface area contributed by atoms with Gasteiger partial charge in [0.25, 0.3) is 0 Å². The van der Waals surface area contributed by atoms with Gasteiger partial charge < -0.3 is 35.6 Å². The number of nitrogens with one attached hydrogen (secondary N) is 3. The molecule has 0 bridgehead atoms. The van der Waals surface area contributed by atoms with Crippen LogP contribution in [0.15, 0.2) is 48.7 Å². The minimum atomic E-state index is -0.591. The molecule has 3 aromatic rings. The third-order valence-corrected chi connectivity index (χ3v) is 5.89. The van der Waals surface area contributed by atoms with Crippen LogP contribution in [0.25, 0.3) is 0 Å². The third kappa shape index (κ3) is 7.16. The highest BCUT2D eigenvalue weighted by Gasteiger charge is 2.18. The Bertz CT molecular complexity index is 1270. The lowest BCUT2D eigenvalue weighted by Gasteiger charge is -2.34. The molecule has 202 valence electrons. The molecule has 2 heterocycles. The van der Waals surface area contributed by atoms with E-state index in [-0.39, 0.29) is 0 Å². The van der Waals surface area contributed by atoms with Crippen LogP contribution < -0.4 is 31.3 Å². The van der Waals surface area contributed by atoms with Gasteiger partial charge in [-0.15, -0.1) is 0 Å². The van der Waals surface area contributed by atoms with Crippen LogP contribution in [0, 0.1) is 0 Å². The molecule has 5 N–H and O–H groups in total. The van der Waals surface area contributed by atoms with Crippen LogP contribution >= 0.6 is 0 Å². The Morgan fingerprint density at radius 3 is 2.47 bits per heavy atom. The monoisotopic (exact) mass is 520 g/mol. The quantitative estimate of drug-likeness (QED) is 0.349. The molecular formula is C27H36N8O3. The highest BCUT2D eigenvalue weighted by Crippen LogP contribution is 2.32. The average Bonchev–Trinajstić information content (AvgIpc) is 2.86. The first-order chi connectivity index (χ1) is 18.1. The van der Waals surface area contributed by atoms with Gasteiger partial charge in [-0.25, -0.2) is 9.78 Å². The summed E-state index contributed by atoms with van der Waals surface area (Å²) in [5.41, 5.74) is 9.04. The van der Waals surface area contributed by atoms with E-state index in [0.29, 0.717) is 34.6 Å². The number of nitrogen functional groups attached to an aromatic ring is 1. The van der Waals surface area contributed by atoms with Crippen molar-refractivity contribution in [2.24, 2.45) is 0 Å². The van der Waals surface area contributed by atoms with Gasteiger partial charge in [0.2, 0.25) is 5.95 Å². The number of likely N-dealkylation sites (N-methyl/N-ethyl adjacent to an activating group) is 1. The largest absolute Gasteiger partial charge is 0.494 e. The number of piperazine rings is 1. The Morgan fingerprint density at radius 1 is 1.03 bits per heavy atom. The van der Waals surface area contributed by atoms with Gasteiger partial charge >= 0.3 is 6.09 Å². The molecule has 0 aliphatic carbocycles. The molecule has 11 heteroatoms. The van der Waals surface area contributed by atoms with E-state index in [4.69, 9.17) is 15.2 Å². The van der Waals surface area contributed by atoms with Gasteiger partial charge in [0.05, 0.1) is 24.7 Å². The number of benzene rings is 2. The first kappa shape index (κ1) is 26.8. The van der Waals surface area contributed by atoms with Gasteiger partial charge in [0, 0.05) is 49.3 Å². The van der Waals surface area contributed by atoms with Crippen LogP contribution in [0.1, 0.15) is 20.8 Å². The standard InChI is InChI=1S/C27H36N8O3/c1-27(2,3)38-26(36)31-19-8-6-7-18(15-19)30-24-21(28)17-29-25(33-24)32-22-10-9-20(16-23(22)37-5)35-13-11-34(4)12-14-35/h6-10,15-17H,11-14,28H2,1-5H3,(H,31,36)(H2,29,30,32,33). The van der Waals surface area contributed by atoms with Gasteiger partial charge in [-0.1, -0.05) is 6.07 Å². The van der Waals surface area contributed by atoms with Gasteiger partial charge in [0.15, 0.2) is 5.82 Å². The smallest absolute Gasteiger partial charge is 0.412 e. The van der Waals surface area contributed by atoms with Crippen molar-refractivity contribution in [2.75, 3.05) is 66.9 Å². The van der Waals surface area contributed by atoms with Crippen molar-refractivity contribution in [3.05, 3.63) is 48.7 Å². The second-order valence-electron chi connectivity index (χ2n) is 10.1. The second-order valence-corrected chi connectivity index (χ2v) is 10.1. The highest BCUT2D eigenvalue weighted by atomic mass is 16.6. The first-order valence-electron chi connectivity index (χ1n) is 12.5. The maximum absolute atomic E-state index is 12.1. The van der Waals surface area contributed by atoms with Crippen LogP contribution in [0.4, 0.5) is 45.0 Å². The Balaban J connectivity index is 1.47. The lowest BCUT2D eigenvalue weighted by Crippen LogP contribution is -2.44. The normalized spacial score (nSPS) is 14.1. The molecule has 0 saturated carbocycles. The molecule has 11 nitrogen and oxygen atoms in total. The maximum atomic E-state index is 12.1. The Kier molecular flexibility index (Phi) is 8.06. The van der Waals surface area contributed by atoms with Crippen molar-refractivity contribution in [1.82, 2.24) is 14.9 Å². The summed E-state index contributed by atoms with van der Waals surface area (Å²) in [6, 6.07) is 13.2. The average molecular weight is 521 g/mol. The van der Waals surface area contributed by atoms with E-state index in [2.05, 4.69) is 48.8 Å². The number of aromatic nitrogens is 2. The fourth-order valence-corrected chi connectivity index (χ4v) is 3.95. The fourth-order valence-electron chi connectivity index (χ4n) is 3.95. The summed E-state index contributed by atoms with van der Waals surface area (Å²) >= 11 is 0. The molecule has 4 rings (SSSR count). The first-order valence-corrected chi connectivity index (χ1v) is 12.5. The summed E-state index contributed by atoms with van der Waals surface area (Å²) in [5, 5.41) is 9.15.